The van der Waals surface area contributed by atoms with Gasteiger partial charge in [0, 0.05) is 18.4 Å². The molecule has 0 atom stereocenters. The number of hydrogen-bond acceptors (Lipinski definition) is 2. The van der Waals surface area contributed by atoms with Crippen LogP contribution in [0.15, 0.2) is 18.3 Å². The summed E-state index contributed by atoms with van der Waals surface area (Å²) in [4.78, 5) is 4.77. The Hall–Kier alpha value is -1.35. The summed E-state index contributed by atoms with van der Waals surface area (Å²) in [6, 6.07) is 4.13. The zero-order valence-electron chi connectivity index (χ0n) is 11.8. The molecule has 0 saturated heterocycles. The van der Waals surface area contributed by atoms with Gasteiger partial charge >= 0.3 is 0 Å². The minimum absolute atomic E-state index is 0.474. The minimum Gasteiger partial charge on any atom is -0.326 e. The van der Waals surface area contributed by atoms with E-state index in [4.69, 9.17) is 10.7 Å². The Morgan fingerprint density at radius 3 is 2.50 bits per heavy atom. The van der Waals surface area contributed by atoms with Crippen LogP contribution in [-0.2, 0) is 13.0 Å². The van der Waals surface area contributed by atoms with E-state index in [1.165, 1.54) is 11.4 Å². The van der Waals surface area contributed by atoms with Gasteiger partial charge in [0.1, 0.15) is 5.65 Å². The van der Waals surface area contributed by atoms with Gasteiger partial charge in [-0.1, -0.05) is 33.8 Å². The molecule has 2 heterocycles. The highest BCUT2D eigenvalue weighted by molar-refractivity contribution is 5.45. The lowest BCUT2D eigenvalue weighted by Gasteiger charge is -2.10. The first-order valence-corrected chi connectivity index (χ1v) is 6.72. The molecule has 0 amide bonds. The number of pyridine rings is 1. The number of nitrogens with zero attached hydrogens (tertiary/aromatic N) is 2. The van der Waals surface area contributed by atoms with E-state index in [1.54, 1.807) is 0 Å². The Morgan fingerprint density at radius 2 is 1.94 bits per heavy atom. The Balaban J connectivity index is 2.60. The van der Waals surface area contributed by atoms with Crippen LogP contribution in [0.5, 0.6) is 0 Å². The summed E-state index contributed by atoms with van der Waals surface area (Å²) in [6.07, 6.45) is 3.16. The van der Waals surface area contributed by atoms with Crippen molar-refractivity contribution in [3.63, 3.8) is 0 Å². The second-order valence-electron chi connectivity index (χ2n) is 5.67. The molecule has 0 radical (unpaired) electrons. The summed E-state index contributed by atoms with van der Waals surface area (Å²) in [5.74, 6) is 1.10. The highest BCUT2D eigenvalue weighted by Crippen LogP contribution is 2.24. The molecule has 3 heteroatoms. The van der Waals surface area contributed by atoms with Crippen molar-refractivity contribution in [2.45, 2.75) is 46.6 Å². The average Bonchev–Trinajstić information content (AvgIpc) is 2.64. The van der Waals surface area contributed by atoms with Crippen molar-refractivity contribution >= 4 is 5.65 Å². The van der Waals surface area contributed by atoms with Crippen LogP contribution in [0.25, 0.3) is 5.65 Å². The largest absolute Gasteiger partial charge is 0.326 e. The lowest BCUT2D eigenvalue weighted by molar-refractivity contribution is 0.626. The van der Waals surface area contributed by atoms with Crippen molar-refractivity contribution in [3.05, 3.63) is 35.3 Å². The van der Waals surface area contributed by atoms with Crippen LogP contribution in [0.3, 0.4) is 0 Å². The third kappa shape index (κ3) is 2.41. The van der Waals surface area contributed by atoms with Gasteiger partial charge in [0.2, 0.25) is 0 Å². The van der Waals surface area contributed by atoms with Gasteiger partial charge in [-0.15, -0.1) is 0 Å². The van der Waals surface area contributed by atoms with Crippen LogP contribution in [0.2, 0.25) is 0 Å². The molecule has 2 aromatic rings. The Labute approximate surface area is 109 Å². The standard InChI is InChI=1S/C15H23N3/c1-10(2)7-13-15(11(3)4)18-9-12(8-16)5-6-14(18)17-13/h5-6,9-11H,7-8,16H2,1-4H3. The van der Waals surface area contributed by atoms with Gasteiger partial charge in [0.15, 0.2) is 0 Å². The molecule has 0 spiro atoms. The van der Waals surface area contributed by atoms with Crippen molar-refractivity contribution in [2.24, 2.45) is 11.7 Å². The molecule has 2 N–H and O–H groups in total. The van der Waals surface area contributed by atoms with Crippen molar-refractivity contribution in [2.75, 3.05) is 0 Å². The first kappa shape index (κ1) is 13.1. The summed E-state index contributed by atoms with van der Waals surface area (Å²) >= 11 is 0. The van der Waals surface area contributed by atoms with Gasteiger partial charge in [-0.2, -0.15) is 0 Å². The normalized spacial score (nSPS) is 11.9. The van der Waals surface area contributed by atoms with Crippen LogP contribution in [0.1, 0.15) is 50.6 Å². The number of fused-ring (bicyclic) bond motifs is 1. The molecule has 98 valence electrons. The molecule has 0 unspecified atom stereocenters. The van der Waals surface area contributed by atoms with Gasteiger partial charge in [0.05, 0.1) is 5.69 Å². The van der Waals surface area contributed by atoms with Crippen LogP contribution >= 0.6 is 0 Å². The molecule has 0 saturated carbocycles. The lowest BCUT2D eigenvalue weighted by Crippen LogP contribution is -2.04. The van der Waals surface area contributed by atoms with E-state index < -0.39 is 0 Å². The summed E-state index contributed by atoms with van der Waals surface area (Å²) < 4.78 is 2.21. The summed E-state index contributed by atoms with van der Waals surface area (Å²) in [5.41, 5.74) is 10.5. The molecule has 2 rings (SSSR count). The van der Waals surface area contributed by atoms with Crippen molar-refractivity contribution in [1.82, 2.24) is 9.38 Å². The van der Waals surface area contributed by atoms with Crippen molar-refractivity contribution in [1.29, 1.82) is 0 Å². The maximum Gasteiger partial charge on any atom is 0.137 e. The number of rotatable bonds is 4. The highest BCUT2D eigenvalue weighted by Gasteiger charge is 2.16. The zero-order chi connectivity index (χ0) is 13.3. The predicted octanol–water partition coefficient (Wildman–Crippen LogP) is 3.11. The Kier molecular flexibility index (Phi) is 3.71. The third-order valence-electron chi connectivity index (χ3n) is 3.18. The van der Waals surface area contributed by atoms with Crippen LogP contribution < -0.4 is 5.73 Å². The molecule has 3 nitrogen and oxygen atoms in total. The SMILES string of the molecule is CC(C)Cc1nc2ccc(CN)cn2c1C(C)C. The van der Waals surface area contributed by atoms with Crippen LogP contribution in [-0.4, -0.2) is 9.38 Å². The molecule has 0 bridgehead atoms. The number of aromatic nitrogens is 2. The summed E-state index contributed by atoms with van der Waals surface area (Å²) in [7, 11) is 0. The quantitative estimate of drug-likeness (QED) is 0.899. The molecule has 0 aromatic carbocycles. The topological polar surface area (TPSA) is 43.3 Å². The fourth-order valence-corrected chi connectivity index (χ4v) is 2.42. The van der Waals surface area contributed by atoms with Gasteiger partial charge in [0.25, 0.3) is 0 Å². The minimum atomic E-state index is 0.474. The molecule has 0 aliphatic carbocycles. The smallest absolute Gasteiger partial charge is 0.137 e. The van der Waals surface area contributed by atoms with Crippen LogP contribution in [0, 0.1) is 5.92 Å². The molecule has 2 aromatic heterocycles. The maximum atomic E-state index is 5.72. The molecule has 0 fully saturated rings. The van der Waals surface area contributed by atoms with Gasteiger partial charge in [-0.3, -0.25) is 0 Å². The van der Waals surface area contributed by atoms with E-state index in [-0.39, 0.29) is 0 Å². The molecule has 0 aliphatic rings. The van der Waals surface area contributed by atoms with Crippen molar-refractivity contribution in [3.8, 4) is 0 Å². The van der Waals surface area contributed by atoms with E-state index in [0.717, 1.165) is 17.6 Å². The second kappa shape index (κ2) is 5.11. The third-order valence-corrected chi connectivity index (χ3v) is 3.18. The van der Waals surface area contributed by atoms with E-state index in [2.05, 4.69) is 50.4 Å². The Morgan fingerprint density at radius 1 is 1.22 bits per heavy atom. The van der Waals surface area contributed by atoms with Crippen LogP contribution in [0.4, 0.5) is 0 Å². The van der Waals surface area contributed by atoms with Gasteiger partial charge < -0.3 is 10.1 Å². The van der Waals surface area contributed by atoms with E-state index in [9.17, 15) is 0 Å². The van der Waals surface area contributed by atoms with E-state index >= 15 is 0 Å². The predicted molar refractivity (Wildman–Crippen MR) is 75.7 cm³/mol. The maximum absolute atomic E-state index is 5.72. The van der Waals surface area contributed by atoms with Crippen molar-refractivity contribution < 1.29 is 0 Å². The van der Waals surface area contributed by atoms with Gasteiger partial charge in [-0.25, -0.2) is 4.98 Å². The Bertz CT molecular complexity index is 538. The first-order valence-electron chi connectivity index (χ1n) is 6.72. The average molecular weight is 245 g/mol. The zero-order valence-corrected chi connectivity index (χ0v) is 11.8. The molecule has 0 aliphatic heterocycles. The molecular weight excluding hydrogens is 222 g/mol. The summed E-state index contributed by atoms with van der Waals surface area (Å²) in [6.45, 7) is 9.49. The number of nitrogens with two attached hydrogens (primary N) is 1. The molecular formula is C15H23N3. The monoisotopic (exact) mass is 245 g/mol. The highest BCUT2D eigenvalue weighted by atomic mass is 15.0. The number of imidazole rings is 1. The van der Waals surface area contributed by atoms with E-state index in [0.29, 0.717) is 18.4 Å². The summed E-state index contributed by atoms with van der Waals surface area (Å²) in [5, 5.41) is 0. The van der Waals surface area contributed by atoms with Gasteiger partial charge in [-0.05, 0) is 29.9 Å². The lowest BCUT2D eigenvalue weighted by atomic mass is 10.0. The fourth-order valence-electron chi connectivity index (χ4n) is 2.42. The molecule has 18 heavy (non-hydrogen) atoms. The first-order chi connectivity index (χ1) is 8.52. The number of hydrogen-bond donors (Lipinski definition) is 1. The second-order valence-corrected chi connectivity index (χ2v) is 5.67. The fraction of sp³-hybridized carbons (Fsp3) is 0.533. The van der Waals surface area contributed by atoms with E-state index in [1.807, 2.05) is 0 Å².